The molecule has 0 amide bonds. The fourth-order valence-corrected chi connectivity index (χ4v) is 2.77. The fraction of sp³-hybridized carbons (Fsp3) is 0.500. The summed E-state index contributed by atoms with van der Waals surface area (Å²) in [5, 5.41) is 3.38. The zero-order valence-corrected chi connectivity index (χ0v) is 10.5. The number of benzene rings is 1. The zero-order valence-electron chi connectivity index (χ0n) is 8.89. The Labute approximate surface area is 94.0 Å². The zero-order chi connectivity index (χ0) is 10.3. The van der Waals surface area contributed by atoms with Gasteiger partial charge < -0.3 is 5.32 Å². The highest BCUT2D eigenvalue weighted by molar-refractivity contribution is 9.10. The molecule has 1 nitrogen and oxygen atoms in total. The predicted octanol–water partition coefficient (Wildman–Crippen LogP) is 3.39. The van der Waals surface area contributed by atoms with Gasteiger partial charge in [0.25, 0.3) is 0 Å². The van der Waals surface area contributed by atoms with Crippen LogP contribution in [0.2, 0.25) is 0 Å². The van der Waals surface area contributed by atoms with E-state index in [0.29, 0.717) is 11.5 Å². The van der Waals surface area contributed by atoms with Crippen molar-refractivity contribution < 1.29 is 0 Å². The van der Waals surface area contributed by atoms with Crippen LogP contribution in [0.5, 0.6) is 0 Å². The van der Waals surface area contributed by atoms with Gasteiger partial charge in [-0.2, -0.15) is 0 Å². The molecule has 76 valence electrons. The second kappa shape index (κ2) is 3.35. The molecule has 0 saturated carbocycles. The summed E-state index contributed by atoms with van der Waals surface area (Å²) < 4.78 is 1.18. The summed E-state index contributed by atoms with van der Waals surface area (Å²) in [4.78, 5) is 0. The SMILES string of the molecule is CNC1CC(C)(C)c2cc(Br)ccc21. The van der Waals surface area contributed by atoms with E-state index in [0.717, 1.165) is 0 Å². The van der Waals surface area contributed by atoms with Gasteiger partial charge in [-0.3, -0.25) is 0 Å². The lowest BCUT2D eigenvalue weighted by molar-refractivity contribution is 0.447. The second-order valence-corrected chi connectivity index (χ2v) is 5.58. The number of rotatable bonds is 1. The highest BCUT2D eigenvalue weighted by Crippen LogP contribution is 2.45. The minimum Gasteiger partial charge on any atom is -0.313 e. The first-order valence-corrected chi connectivity index (χ1v) is 5.81. The number of nitrogens with one attached hydrogen (secondary N) is 1. The molecule has 1 aliphatic rings. The van der Waals surface area contributed by atoms with Crippen molar-refractivity contribution in [2.45, 2.75) is 31.7 Å². The lowest BCUT2D eigenvalue weighted by Gasteiger charge is -2.19. The van der Waals surface area contributed by atoms with E-state index >= 15 is 0 Å². The van der Waals surface area contributed by atoms with Crippen LogP contribution < -0.4 is 5.32 Å². The van der Waals surface area contributed by atoms with E-state index in [4.69, 9.17) is 0 Å². The minimum atomic E-state index is 0.298. The maximum absolute atomic E-state index is 3.54. The van der Waals surface area contributed by atoms with E-state index in [1.54, 1.807) is 0 Å². The molecule has 2 rings (SSSR count). The molecule has 0 saturated heterocycles. The number of hydrogen-bond acceptors (Lipinski definition) is 1. The van der Waals surface area contributed by atoms with Crippen molar-refractivity contribution in [2.24, 2.45) is 0 Å². The Morgan fingerprint density at radius 3 is 2.79 bits per heavy atom. The largest absolute Gasteiger partial charge is 0.313 e. The highest BCUT2D eigenvalue weighted by Gasteiger charge is 2.35. The second-order valence-electron chi connectivity index (χ2n) is 4.66. The summed E-state index contributed by atoms with van der Waals surface area (Å²) in [6.07, 6.45) is 1.19. The molecule has 1 aromatic carbocycles. The Kier molecular flexibility index (Phi) is 2.44. The van der Waals surface area contributed by atoms with Crippen molar-refractivity contribution in [3.05, 3.63) is 33.8 Å². The molecule has 1 unspecified atom stereocenters. The van der Waals surface area contributed by atoms with Crippen LogP contribution in [-0.2, 0) is 5.41 Å². The molecule has 0 bridgehead atoms. The smallest absolute Gasteiger partial charge is 0.0328 e. The van der Waals surface area contributed by atoms with Crippen molar-refractivity contribution in [2.75, 3.05) is 7.05 Å². The van der Waals surface area contributed by atoms with Crippen LogP contribution in [0.25, 0.3) is 0 Å². The van der Waals surface area contributed by atoms with Crippen LogP contribution >= 0.6 is 15.9 Å². The Morgan fingerprint density at radius 1 is 1.43 bits per heavy atom. The first-order valence-electron chi connectivity index (χ1n) is 5.02. The lowest BCUT2D eigenvalue weighted by atomic mass is 9.86. The monoisotopic (exact) mass is 253 g/mol. The van der Waals surface area contributed by atoms with Gasteiger partial charge in [0.05, 0.1) is 0 Å². The van der Waals surface area contributed by atoms with Crippen molar-refractivity contribution in [3.63, 3.8) is 0 Å². The first kappa shape index (κ1) is 10.2. The number of fused-ring (bicyclic) bond motifs is 1. The maximum atomic E-state index is 3.54. The van der Waals surface area contributed by atoms with Crippen molar-refractivity contribution in [1.29, 1.82) is 0 Å². The van der Waals surface area contributed by atoms with Crippen molar-refractivity contribution >= 4 is 15.9 Å². The van der Waals surface area contributed by atoms with E-state index in [2.05, 4.69) is 53.3 Å². The van der Waals surface area contributed by atoms with E-state index in [9.17, 15) is 0 Å². The van der Waals surface area contributed by atoms with Gasteiger partial charge in [-0.15, -0.1) is 0 Å². The quantitative estimate of drug-likeness (QED) is 0.810. The standard InChI is InChI=1S/C12H16BrN/c1-12(2)7-11(14-3)9-5-4-8(13)6-10(9)12/h4-6,11,14H,7H2,1-3H3. The number of halogens is 1. The van der Waals surface area contributed by atoms with Gasteiger partial charge in [0.1, 0.15) is 0 Å². The normalized spacial score (nSPS) is 23.6. The third kappa shape index (κ3) is 1.51. The summed E-state index contributed by atoms with van der Waals surface area (Å²) in [5.41, 5.74) is 3.24. The first-order chi connectivity index (χ1) is 6.54. The molecule has 1 N–H and O–H groups in total. The molecule has 0 radical (unpaired) electrons. The molecule has 1 aliphatic carbocycles. The van der Waals surface area contributed by atoms with Gasteiger partial charge in [0, 0.05) is 10.5 Å². The summed E-state index contributed by atoms with van der Waals surface area (Å²) in [7, 11) is 2.04. The Bertz CT molecular complexity index is 357. The molecule has 2 heteroatoms. The maximum Gasteiger partial charge on any atom is 0.0328 e. The molecule has 1 aromatic rings. The number of hydrogen-bond donors (Lipinski definition) is 1. The van der Waals surface area contributed by atoms with E-state index < -0.39 is 0 Å². The van der Waals surface area contributed by atoms with Gasteiger partial charge in [0.2, 0.25) is 0 Å². The predicted molar refractivity (Wildman–Crippen MR) is 63.6 cm³/mol. The summed E-state index contributed by atoms with van der Waals surface area (Å²) in [6.45, 7) is 4.63. The average Bonchev–Trinajstić information content (AvgIpc) is 2.38. The van der Waals surface area contributed by atoms with Crippen LogP contribution in [-0.4, -0.2) is 7.05 Å². The molecule has 0 aliphatic heterocycles. The summed E-state index contributed by atoms with van der Waals surface area (Å²) in [6, 6.07) is 7.14. The average molecular weight is 254 g/mol. The Hall–Kier alpha value is -0.340. The van der Waals surface area contributed by atoms with Gasteiger partial charge in [-0.25, -0.2) is 0 Å². The summed E-state index contributed by atoms with van der Waals surface area (Å²) >= 11 is 3.54. The van der Waals surface area contributed by atoms with Crippen LogP contribution in [0.4, 0.5) is 0 Å². The van der Waals surface area contributed by atoms with E-state index in [1.165, 1.54) is 22.0 Å². The highest BCUT2D eigenvalue weighted by atomic mass is 79.9. The third-order valence-corrected chi connectivity index (χ3v) is 3.68. The lowest BCUT2D eigenvalue weighted by Crippen LogP contribution is -2.17. The molecule has 0 aromatic heterocycles. The van der Waals surface area contributed by atoms with Gasteiger partial charge in [-0.05, 0) is 42.1 Å². The van der Waals surface area contributed by atoms with Gasteiger partial charge in [-0.1, -0.05) is 35.8 Å². The minimum absolute atomic E-state index is 0.298. The fourth-order valence-electron chi connectivity index (χ4n) is 2.41. The molecule has 0 spiro atoms. The molecular formula is C12H16BrN. The van der Waals surface area contributed by atoms with Gasteiger partial charge in [0.15, 0.2) is 0 Å². The molecule has 0 fully saturated rings. The third-order valence-electron chi connectivity index (χ3n) is 3.18. The van der Waals surface area contributed by atoms with Gasteiger partial charge >= 0.3 is 0 Å². The molecular weight excluding hydrogens is 238 g/mol. The molecule has 1 atom stereocenters. The van der Waals surface area contributed by atoms with Crippen LogP contribution in [0.1, 0.15) is 37.4 Å². The van der Waals surface area contributed by atoms with Crippen LogP contribution in [0, 0.1) is 0 Å². The topological polar surface area (TPSA) is 12.0 Å². The van der Waals surface area contributed by atoms with Crippen LogP contribution in [0.3, 0.4) is 0 Å². The van der Waals surface area contributed by atoms with Crippen molar-refractivity contribution in [1.82, 2.24) is 5.32 Å². The van der Waals surface area contributed by atoms with Crippen LogP contribution in [0.15, 0.2) is 22.7 Å². The molecule has 0 heterocycles. The van der Waals surface area contributed by atoms with E-state index in [1.807, 2.05) is 7.05 Å². The summed E-state index contributed by atoms with van der Waals surface area (Å²) in [5.74, 6) is 0. The van der Waals surface area contributed by atoms with E-state index in [-0.39, 0.29) is 0 Å². The molecule has 14 heavy (non-hydrogen) atoms. The Balaban J connectivity index is 2.54. The van der Waals surface area contributed by atoms with Crippen molar-refractivity contribution in [3.8, 4) is 0 Å². The Morgan fingerprint density at radius 2 is 2.14 bits per heavy atom.